The molecular formula is C21H23N3O4. The fraction of sp³-hybridized carbons (Fsp3) is 0.286. The van der Waals surface area contributed by atoms with E-state index in [0.717, 1.165) is 5.52 Å². The van der Waals surface area contributed by atoms with Crippen molar-refractivity contribution >= 4 is 28.6 Å². The summed E-state index contributed by atoms with van der Waals surface area (Å²) in [5.41, 5.74) is 1.90. The Hall–Kier alpha value is -3.35. The number of hydrogen-bond acceptors (Lipinski definition) is 5. The van der Waals surface area contributed by atoms with Gasteiger partial charge in [0, 0.05) is 18.7 Å². The molecule has 0 radical (unpaired) electrons. The van der Waals surface area contributed by atoms with E-state index in [-0.39, 0.29) is 24.3 Å². The van der Waals surface area contributed by atoms with Crippen LogP contribution in [0.2, 0.25) is 0 Å². The molecule has 0 aliphatic rings. The van der Waals surface area contributed by atoms with E-state index >= 15 is 0 Å². The Balaban J connectivity index is 1.61. The maximum atomic E-state index is 12.7. The Bertz CT molecular complexity index is 966. The molecule has 2 amide bonds. The number of oxazole rings is 1. The Morgan fingerprint density at radius 3 is 2.61 bits per heavy atom. The molecule has 0 saturated heterocycles. The van der Waals surface area contributed by atoms with Gasteiger partial charge in [0.15, 0.2) is 18.1 Å². The zero-order valence-corrected chi connectivity index (χ0v) is 16.1. The number of carbonyl (C=O) groups excluding carboxylic acids is 2. The lowest BCUT2D eigenvalue weighted by Gasteiger charge is -2.21. The molecule has 0 fully saturated rings. The van der Waals surface area contributed by atoms with Gasteiger partial charge in [0.2, 0.25) is 5.91 Å². The van der Waals surface area contributed by atoms with Gasteiger partial charge >= 0.3 is 0 Å². The second-order valence-electron chi connectivity index (χ2n) is 6.80. The molecule has 1 heterocycles. The molecule has 3 aromatic rings. The maximum absolute atomic E-state index is 12.7. The fourth-order valence-electron chi connectivity index (χ4n) is 2.75. The van der Waals surface area contributed by atoms with Gasteiger partial charge < -0.3 is 19.8 Å². The van der Waals surface area contributed by atoms with Gasteiger partial charge in [-0.1, -0.05) is 32.0 Å². The maximum Gasteiger partial charge on any atom is 0.258 e. The van der Waals surface area contributed by atoms with Crippen LogP contribution in [0.15, 0.2) is 52.9 Å². The average Bonchev–Trinajstić information content (AvgIpc) is 3.04. The third-order valence-corrected chi connectivity index (χ3v) is 4.14. The molecular weight excluding hydrogens is 358 g/mol. The van der Waals surface area contributed by atoms with E-state index in [9.17, 15) is 9.59 Å². The Morgan fingerprint density at radius 1 is 1.14 bits per heavy atom. The molecule has 0 bridgehead atoms. The van der Waals surface area contributed by atoms with E-state index in [2.05, 4.69) is 15.6 Å². The van der Waals surface area contributed by atoms with Crippen LogP contribution >= 0.6 is 0 Å². The van der Waals surface area contributed by atoms with E-state index in [0.29, 0.717) is 22.9 Å². The van der Waals surface area contributed by atoms with Crippen molar-refractivity contribution in [1.82, 2.24) is 10.3 Å². The van der Waals surface area contributed by atoms with Gasteiger partial charge in [-0.3, -0.25) is 9.59 Å². The lowest BCUT2D eigenvalue weighted by Crippen LogP contribution is -2.48. The number of nitrogens with one attached hydrogen (secondary N) is 2. The number of carbonyl (C=O) groups is 2. The van der Waals surface area contributed by atoms with Crippen molar-refractivity contribution in [2.24, 2.45) is 5.92 Å². The standard InChI is InChI=1S/C21H23N3O4/c1-13(2)20(24-19(25)12-27-16-7-5-4-6-8-16)21(26)23-15-9-10-17-18(11-15)28-14(3)22-17/h4-11,13,20H,12H2,1-3H3,(H,23,26)(H,24,25). The highest BCUT2D eigenvalue weighted by molar-refractivity contribution is 5.98. The molecule has 28 heavy (non-hydrogen) atoms. The predicted molar refractivity (Wildman–Crippen MR) is 106 cm³/mol. The van der Waals surface area contributed by atoms with E-state index in [4.69, 9.17) is 9.15 Å². The number of rotatable bonds is 7. The normalized spacial score (nSPS) is 12.0. The van der Waals surface area contributed by atoms with E-state index in [1.54, 1.807) is 37.3 Å². The van der Waals surface area contributed by atoms with Gasteiger partial charge in [-0.15, -0.1) is 0 Å². The highest BCUT2D eigenvalue weighted by Gasteiger charge is 2.24. The van der Waals surface area contributed by atoms with Crippen LogP contribution in [0.5, 0.6) is 5.75 Å². The van der Waals surface area contributed by atoms with Crippen LogP contribution in [-0.4, -0.2) is 29.4 Å². The summed E-state index contributed by atoms with van der Waals surface area (Å²) >= 11 is 0. The second kappa shape index (κ2) is 8.56. The second-order valence-corrected chi connectivity index (χ2v) is 6.80. The number of nitrogens with zero attached hydrogens (tertiary/aromatic N) is 1. The number of amides is 2. The van der Waals surface area contributed by atoms with Crippen molar-refractivity contribution in [3.63, 3.8) is 0 Å². The van der Waals surface area contributed by atoms with Gasteiger partial charge in [-0.25, -0.2) is 4.98 Å². The van der Waals surface area contributed by atoms with Crippen molar-refractivity contribution < 1.29 is 18.7 Å². The van der Waals surface area contributed by atoms with Crippen molar-refractivity contribution in [3.05, 3.63) is 54.4 Å². The first-order valence-corrected chi connectivity index (χ1v) is 9.07. The van der Waals surface area contributed by atoms with Crippen LogP contribution in [0.25, 0.3) is 11.1 Å². The zero-order valence-electron chi connectivity index (χ0n) is 16.1. The third-order valence-electron chi connectivity index (χ3n) is 4.14. The molecule has 1 aromatic heterocycles. The monoisotopic (exact) mass is 381 g/mol. The SMILES string of the molecule is Cc1nc2ccc(NC(=O)C(NC(=O)COc3ccccc3)C(C)C)cc2o1. The molecule has 146 valence electrons. The fourth-order valence-corrected chi connectivity index (χ4v) is 2.75. The first-order chi connectivity index (χ1) is 13.4. The largest absolute Gasteiger partial charge is 0.484 e. The number of fused-ring (bicyclic) bond motifs is 1. The number of hydrogen-bond donors (Lipinski definition) is 2. The van der Waals surface area contributed by atoms with Crippen LogP contribution in [0, 0.1) is 12.8 Å². The summed E-state index contributed by atoms with van der Waals surface area (Å²) < 4.78 is 10.9. The lowest BCUT2D eigenvalue weighted by atomic mass is 10.0. The van der Waals surface area contributed by atoms with Gasteiger partial charge in [-0.05, 0) is 30.2 Å². The molecule has 1 atom stereocenters. The van der Waals surface area contributed by atoms with Crippen LogP contribution in [0.1, 0.15) is 19.7 Å². The molecule has 0 spiro atoms. The summed E-state index contributed by atoms with van der Waals surface area (Å²) in [5, 5.41) is 5.56. The zero-order chi connectivity index (χ0) is 20.1. The summed E-state index contributed by atoms with van der Waals surface area (Å²) in [7, 11) is 0. The van der Waals surface area contributed by atoms with E-state index in [1.165, 1.54) is 0 Å². The molecule has 1 unspecified atom stereocenters. The molecule has 0 aliphatic carbocycles. The van der Waals surface area contributed by atoms with Crippen molar-refractivity contribution in [1.29, 1.82) is 0 Å². The van der Waals surface area contributed by atoms with Gasteiger partial charge in [0.05, 0.1) is 0 Å². The first kappa shape index (κ1) is 19.4. The summed E-state index contributed by atoms with van der Waals surface area (Å²) in [6, 6.07) is 13.6. The Kier molecular flexibility index (Phi) is 5.93. The minimum atomic E-state index is -0.695. The predicted octanol–water partition coefficient (Wildman–Crippen LogP) is 3.29. The quantitative estimate of drug-likeness (QED) is 0.655. The number of aryl methyl sites for hydroxylation is 1. The lowest BCUT2D eigenvalue weighted by molar-refractivity contribution is -0.128. The Morgan fingerprint density at radius 2 is 1.89 bits per heavy atom. The number of ether oxygens (including phenoxy) is 1. The summed E-state index contributed by atoms with van der Waals surface area (Å²) in [4.78, 5) is 29.1. The smallest absolute Gasteiger partial charge is 0.258 e. The minimum absolute atomic E-state index is 0.100. The Labute approximate surface area is 163 Å². The molecule has 2 N–H and O–H groups in total. The van der Waals surface area contributed by atoms with Gasteiger partial charge in [0.25, 0.3) is 5.91 Å². The molecule has 3 rings (SSSR count). The first-order valence-electron chi connectivity index (χ1n) is 9.07. The number of anilines is 1. The van der Waals surface area contributed by atoms with Crippen LogP contribution in [0.4, 0.5) is 5.69 Å². The number of para-hydroxylation sites is 1. The molecule has 7 nitrogen and oxygen atoms in total. The van der Waals surface area contributed by atoms with Gasteiger partial charge in [-0.2, -0.15) is 0 Å². The van der Waals surface area contributed by atoms with Crippen molar-refractivity contribution in [2.45, 2.75) is 26.8 Å². The molecule has 2 aromatic carbocycles. The summed E-state index contributed by atoms with van der Waals surface area (Å²) in [6.45, 7) is 5.33. The van der Waals surface area contributed by atoms with Crippen LogP contribution in [0.3, 0.4) is 0 Å². The number of benzene rings is 2. The highest BCUT2D eigenvalue weighted by atomic mass is 16.5. The van der Waals surface area contributed by atoms with Gasteiger partial charge in [0.1, 0.15) is 17.3 Å². The number of aromatic nitrogens is 1. The topological polar surface area (TPSA) is 93.5 Å². The highest BCUT2D eigenvalue weighted by Crippen LogP contribution is 2.20. The van der Waals surface area contributed by atoms with Crippen molar-refractivity contribution in [2.75, 3.05) is 11.9 Å². The van der Waals surface area contributed by atoms with Crippen molar-refractivity contribution in [3.8, 4) is 5.75 Å². The average molecular weight is 381 g/mol. The van der Waals surface area contributed by atoms with Crippen LogP contribution in [-0.2, 0) is 9.59 Å². The summed E-state index contributed by atoms with van der Waals surface area (Å²) in [6.07, 6.45) is 0. The van der Waals surface area contributed by atoms with E-state index < -0.39 is 6.04 Å². The molecule has 7 heteroatoms. The van der Waals surface area contributed by atoms with E-state index in [1.807, 2.05) is 32.0 Å². The minimum Gasteiger partial charge on any atom is -0.484 e. The molecule has 0 aliphatic heterocycles. The van der Waals surface area contributed by atoms with Crippen LogP contribution < -0.4 is 15.4 Å². The molecule has 0 saturated carbocycles. The summed E-state index contributed by atoms with van der Waals surface area (Å²) in [5.74, 6) is 0.387. The third kappa shape index (κ3) is 4.88.